The molecule has 2 aromatic rings. The summed E-state index contributed by atoms with van der Waals surface area (Å²) in [6, 6.07) is 9.59. The van der Waals surface area contributed by atoms with Gasteiger partial charge in [0.15, 0.2) is 11.5 Å². The molecule has 6 heteroatoms. The summed E-state index contributed by atoms with van der Waals surface area (Å²) in [6.45, 7) is 2.05. The Balaban J connectivity index is 1.68. The van der Waals surface area contributed by atoms with Crippen molar-refractivity contribution in [1.29, 1.82) is 0 Å². The lowest BCUT2D eigenvalue weighted by molar-refractivity contribution is -0.121. The number of ether oxygens (including phenoxy) is 2. The summed E-state index contributed by atoms with van der Waals surface area (Å²) >= 11 is 5.94. The lowest BCUT2D eigenvalue weighted by atomic mass is 10.1. The fourth-order valence-electron chi connectivity index (χ4n) is 2.42. The third-order valence-electron chi connectivity index (χ3n) is 3.67. The van der Waals surface area contributed by atoms with Crippen molar-refractivity contribution in [2.45, 2.75) is 19.4 Å². The maximum absolute atomic E-state index is 13.7. The van der Waals surface area contributed by atoms with Crippen LogP contribution >= 0.6 is 11.6 Å². The summed E-state index contributed by atoms with van der Waals surface area (Å²) in [7, 11) is 0. The van der Waals surface area contributed by atoms with Gasteiger partial charge in [-0.1, -0.05) is 23.7 Å². The van der Waals surface area contributed by atoms with Crippen LogP contribution in [0.1, 0.15) is 24.1 Å². The van der Waals surface area contributed by atoms with Crippen LogP contribution in [0.25, 0.3) is 0 Å². The quantitative estimate of drug-likeness (QED) is 0.928. The van der Waals surface area contributed by atoms with Crippen LogP contribution in [0.3, 0.4) is 0 Å². The summed E-state index contributed by atoms with van der Waals surface area (Å²) in [6.07, 6.45) is -0.111. The van der Waals surface area contributed by atoms with Crippen LogP contribution in [0, 0.1) is 5.82 Å². The summed E-state index contributed by atoms with van der Waals surface area (Å²) in [4.78, 5) is 12.1. The average Bonchev–Trinajstić information content (AvgIpc) is 2.98. The van der Waals surface area contributed by atoms with Gasteiger partial charge in [-0.2, -0.15) is 0 Å². The van der Waals surface area contributed by atoms with Gasteiger partial charge in [0.05, 0.1) is 12.5 Å². The van der Waals surface area contributed by atoms with Crippen molar-refractivity contribution < 1.29 is 18.7 Å². The third-order valence-corrected chi connectivity index (χ3v) is 4.03. The summed E-state index contributed by atoms with van der Waals surface area (Å²) < 4.78 is 24.3. The van der Waals surface area contributed by atoms with Crippen LogP contribution < -0.4 is 14.8 Å². The van der Waals surface area contributed by atoms with Crippen molar-refractivity contribution in [2.24, 2.45) is 0 Å². The highest BCUT2D eigenvalue weighted by molar-refractivity contribution is 6.31. The van der Waals surface area contributed by atoms with Gasteiger partial charge < -0.3 is 14.8 Å². The Bertz CT molecular complexity index is 730. The Morgan fingerprint density at radius 2 is 2.09 bits per heavy atom. The van der Waals surface area contributed by atoms with Gasteiger partial charge in [0.1, 0.15) is 5.82 Å². The first-order valence-corrected chi connectivity index (χ1v) is 7.54. The molecule has 1 heterocycles. The van der Waals surface area contributed by atoms with Gasteiger partial charge >= 0.3 is 0 Å². The number of rotatable bonds is 4. The SMILES string of the molecule is C[C@H](NC(=O)Cc1c(F)cccc1Cl)c1ccc2c(c1)OCO2. The van der Waals surface area contributed by atoms with E-state index in [0.717, 1.165) is 5.56 Å². The molecular weight excluding hydrogens is 321 g/mol. The van der Waals surface area contributed by atoms with Crippen molar-refractivity contribution >= 4 is 17.5 Å². The molecule has 0 aromatic heterocycles. The van der Waals surface area contributed by atoms with E-state index in [1.54, 1.807) is 12.1 Å². The van der Waals surface area contributed by atoms with Crippen LogP contribution in [-0.4, -0.2) is 12.7 Å². The van der Waals surface area contributed by atoms with E-state index >= 15 is 0 Å². The molecule has 1 aliphatic rings. The second kappa shape index (κ2) is 6.46. The van der Waals surface area contributed by atoms with Crippen LogP contribution in [0.2, 0.25) is 5.02 Å². The number of amides is 1. The third kappa shape index (κ3) is 3.40. The molecule has 0 spiro atoms. The zero-order chi connectivity index (χ0) is 16.4. The van der Waals surface area contributed by atoms with Gasteiger partial charge in [-0.3, -0.25) is 4.79 Å². The van der Waals surface area contributed by atoms with Gasteiger partial charge in [0.25, 0.3) is 0 Å². The molecule has 23 heavy (non-hydrogen) atoms. The first-order valence-electron chi connectivity index (χ1n) is 7.16. The van der Waals surface area contributed by atoms with Crippen molar-refractivity contribution in [3.63, 3.8) is 0 Å². The van der Waals surface area contributed by atoms with E-state index in [9.17, 15) is 9.18 Å². The van der Waals surface area contributed by atoms with Crippen LogP contribution in [-0.2, 0) is 11.2 Å². The minimum absolute atomic E-state index is 0.111. The Morgan fingerprint density at radius 1 is 1.30 bits per heavy atom. The molecule has 4 nitrogen and oxygen atoms in total. The van der Waals surface area contributed by atoms with E-state index in [1.165, 1.54) is 12.1 Å². The van der Waals surface area contributed by atoms with E-state index in [-0.39, 0.29) is 35.7 Å². The largest absolute Gasteiger partial charge is 0.454 e. The molecule has 1 aliphatic heterocycles. The molecule has 0 aliphatic carbocycles. The Hall–Kier alpha value is -2.27. The number of nitrogens with one attached hydrogen (secondary N) is 1. The lowest BCUT2D eigenvalue weighted by Gasteiger charge is -2.15. The highest BCUT2D eigenvalue weighted by Gasteiger charge is 2.18. The topological polar surface area (TPSA) is 47.6 Å². The van der Waals surface area contributed by atoms with Gasteiger partial charge in [0, 0.05) is 10.6 Å². The summed E-state index contributed by atoms with van der Waals surface area (Å²) in [5.41, 5.74) is 1.08. The normalized spacial score (nSPS) is 13.7. The fourth-order valence-corrected chi connectivity index (χ4v) is 2.65. The van der Waals surface area contributed by atoms with E-state index in [0.29, 0.717) is 11.5 Å². The minimum Gasteiger partial charge on any atom is -0.454 e. The van der Waals surface area contributed by atoms with E-state index < -0.39 is 5.82 Å². The zero-order valence-corrected chi connectivity index (χ0v) is 13.2. The average molecular weight is 336 g/mol. The van der Waals surface area contributed by atoms with Crippen LogP contribution in [0.4, 0.5) is 4.39 Å². The number of fused-ring (bicyclic) bond motifs is 1. The highest BCUT2D eigenvalue weighted by Crippen LogP contribution is 2.34. The highest BCUT2D eigenvalue weighted by atomic mass is 35.5. The molecule has 1 amide bonds. The van der Waals surface area contributed by atoms with Gasteiger partial charge in [0.2, 0.25) is 12.7 Å². The standard InChI is InChI=1S/C17H15ClFNO3/c1-10(11-5-6-15-16(7-11)23-9-22-15)20-17(21)8-12-13(18)3-2-4-14(12)19/h2-7,10H,8-9H2,1H3,(H,20,21)/t10-/m0/s1. The molecule has 0 saturated heterocycles. The number of hydrogen-bond donors (Lipinski definition) is 1. The summed E-state index contributed by atoms with van der Waals surface area (Å²) in [5, 5.41) is 3.08. The van der Waals surface area contributed by atoms with Crippen molar-refractivity contribution in [3.8, 4) is 11.5 Å². The number of halogens is 2. The molecule has 0 fully saturated rings. The monoisotopic (exact) mass is 335 g/mol. The smallest absolute Gasteiger partial charge is 0.231 e. The molecule has 0 unspecified atom stereocenters. The van der Waals surface area contributed by atoms with Crippen molar-refractivity contribution in [3.05, 3.63) is 58.4 Å². The second-order valence-electron chi connectivity index (χ2n) is 5.28. The van der Waals surface area contributed by atoms with Crippen molar-refractivity contribution in [2.75, 3.05) is 6.79 Å². The number of hydrogen-bond acceptors (Lipinski definition) is 3. The molecule has 120 valence electrons. The van der Waals surface area contributed by atoms with Gasteiger partial charge in [-0.15, -0.1) is 0 Å². The van der Waals surface area contributed by atoms with E-state index in [2.05, 4.69) is 5.32 Å². The van der Waals surface area contributed by atoms with Gasteiger partial charge in [-0.25, -0.2) is 4.39 Å². The van der Waals surface area contributed by atoms with E-state index in [4.69, 9.17) is 21.1 Å². The van der Waals surface area contributed by atoms with Crippen LogP contribution in [0.5, 0.6) is 11.5 Å². The first kappa shape index (κ1) is 15.6. The molecule has 0 bridgehead atoms. The Kier molecular flexibility index (Phi) is 4.39. The lowest BCUT2D eigenvalue weighted by Crippen LogP contribution is -2.28. The van der Waals surface area contributed by atoms with Crippen molar-refractivity contribution in [1.82, 2.24) is 5.32 Å². The first-order chi connectivity index (χ1) is 11.0. The maximum Gasteiger partial charge on any atom is 0.231 e. The molecule has 2 aromatic carbocycles. The molecule has 1 atom stereocenters. The van der Waals surface area contributed by atoms with Gasteiger partial charge in [-0.05, 0) is 36.8 Å². The predicted molar refractivity (Wildman–Crippen MR) is 84.2 cm³/mol. The minimum atomic E-state index is -0.483. The number of benzene rings is 2. The Morgan fingerprint density at radius 3 is 2.87 bits per heavy atom. The van der Waals surface area contributed by atoms with E-state index in [1.807, 2.05) is 19.1 Å². The maximum atomic E-state index is 13.7. The molecule has 0 radical (unpaired) electrons. The number of carbonyl (C=O) groups is 1. The summed E-state index contributed by atoms with van der Waals surface area (Å²) in [5.74, 6) is 0.553. The Labute approximate surface area is 138 Å². The zero-order valence-electron chi connectivity index (χ0n) is 12.4. The molecule has 3 rings (SSSR count). The molecule has 0 saturated carbocycles. The fraction of sp³-hybridized carbons (Fsp3) is 0.235. The molecule has 1 N–H and O–H groups in total. The van der Waals surface area contributed by atoms with Crippen LogP contribution in [0.15, 0.2) is 36.4 Å². The second-order valence-corrected chi connectivity index (χ2v) is 5.69. The predicted octanol–water partition coefficient (Wildman–Crippen LogP) is 3.63. The number of carbonyl (C=O) groups excluding carboxylic acids is 1. The molecular formula is C17H15ClFNO3.